The van der Waals surface area contributed by atoms with E-state index in [-0.39, 0.29) is 17.9 Å². The van der Waals surface area contributed by atoms with Crippen molar-refractivity contribution >= 4 is 22.7 Å². The van der Waals surface area contributed by atoms with Crippen LogP contribution in [0.3, 0.4) is 0 Å². The lowest BCUT2D eigenvalue weighted by atomic mass is 10.1. The summed E-state index contributed by atoms with van der Waals surface area (Å²) >= 11 is 0. The van der Waals surface area contributed by atoms with Gasteiger partial charge in [0.1, 0.15) is 5.75 Å². The summed E-state index contributed by atoms with van der Waals surface area (Å²) in [7, 11) is 0. The maximum absolute atomic E-state index is 12.5. The van der Waals surface area contributed by atoms with E-state index >= 15 is 0 Å². The number of hydrogen-bond acceptors (Lipinski definition) is 4. The lowest BCUT2D eigenvalue weighted by molar-refractivity contribution is -0.131. The molecule has 0 fully saturated rings. The van der Waals surface area contributed by atoms with Crippen LogP contribution in [0.15, 0.2) is 59.4 Å². The highest BCUT2D eigenvalue weighted by Crippen LogP contribution is 2.20. The zero-order valence-corrected chi connectivity index (χ0v) is 14.0. The van der Waals surface area contributed by atoms with E-state index in [1.54, 1.807) is 36.4 Å². The van der Waals surface area contributed by atoms with Gasteiger partial charge in [-0.3, -0.25) is 14.4 Å². The fraction of sp³-hybridized carbons (Fsp3) is 0.150. The number of ether oxygens (including phenoxy) is 1. The van der Waals surface area contributed by atoms with Crippen molar-refractivity contribution in [2.24, 2.45) is 0 Å². The maximum atomic E-state index is 12.5. The van der Waals surface area contributed by atoms with Crippen molar-refractivity contribution in [2.75, 3.05) is 0 Å². The first kappa shape index (κ1) is 16.6. The van der Waals surface area contributed by atoms with Gasteiger partial charge in [0.15, 0.2) is 5.78 Å². The van der Waals surface area contributed by atoms with Crippen molar-refractivity contribution in [3.8, 4) is 5.75 Å². The summed E-state index contributed by atoms with van der Waals surface area (Å²) in [6, 6.07) is 15.3. The van der Waals surface area contributed by atoms with Crippen LogP contribution in [0.4, 0.5) is 0 Å². The zero-order chi connectivity index (χ0) is 18.0. The number of rotatable bonds is 4. The summed E-state index contributed by atoms with van der Waals surface area (Å²) in [5.74, 6) is -0.269. The highest BCUT2D eigenvalue weighted by molar-refractivity contribution is 5.96. The van der Waals surface area contributed by atoms with E-state index in [0.717, 1.165) is 10.9 Å². The quantitative estimate of drug-likeness (QED) is 0.417. The number of ketones is 1. The number of hydrogen-bond donors (Lipinski definition) is 0. The van der Waals surface area contributed by atoms with Gasteiger partial charge in [0.25, 0.3) is 5.56 Å². The summed E-state index contributed by atoms with van der Waals surface area (Å²) in [6.45, 7) is 3.17. The molecule has 3 rings (SSSR count). The molecular formula is C20H17NO4. The molecule has 5 nitrogen and oxygen atoms in total. The average molecular weight is 335 g/mol. The maximum Gasteiger partial charge on any atom is 0.308 e. The Hall–Kier alpha value is -3.21. The van der Waals surface area contributed by atoms with Gasteiger partial charge < -0.3 is 9.30 Å². The van der Waals surface area contributed by atoms with E-state index in [1.165, 1.54) is 17.6 Å². The molecule has 25 heavy (non-hydrogen) atoms. The molecule has 0 atom stereocenters. The molecule has 3 aromatic rings. The van der Waals surface area contributed by atoms with E-state index in [2.05, 4.69) is 0 Å². The molecule has 126 valence electrons. The Morgan fingerprint density at radius 1 is 1.00 bits per heavy atom. The number of nitrogens with zero attached hydrogens (tertiary/aromatic N) is 1. The van der Waals surface area contributed by atoms with Crippen LogP contribution in [0.25, 0.3) is 10.9 Å². The molecule has 1 aromatic heterocycles. The monoisotopic (exact) mass is 335 g/mol. The van der Waals surface area contributed by atoms with Gasteiger partial charge >= 0.3 is 5.97 Å². The highest BCUT2D eigenvalue weighted by Gasteiger charge is 2.11. The molecule has 0 aliphatic carbocycles. The summed E-state index contributed by atoms with van der Waals surface area (Å²) in [5, 5.41) is 0.784. The summed E-state index contributed by atoms with van der Waals surface area (Å²) in [5.41, 5.74) is 1.87. The van der Waals surface area contributed by atoms with Crippen LogP contribution in [0.5, 0.6) is 5.75 Å². The number of esters is 1. The third-order valence-electron chi connectivity index (χ3n) is 3.90. The smallest absolute Gasteiger partial charge is 0.308 e. The molecule has 2 aromatic carbocycles. The Morgan fingerprint density at radius 2 is 1.68 bits per heavy atom. The lowest BCUT2D eigenvalue weighted by Crippen LogP contribution is -2.24. The third-order valence-corrected chi connectivity index (χ3v) is 3.90. The number of aryl methyl sites for hydroxylation is 1. The summed E-state index contributed by atoms with van der Waals surface area (Å²) in [6.07, 6.45) is 0. The van der Waals surface area contributed by atoms with E-state index in [4.69, 9.17) is 4.74 Å². The van der Waals surface area contributed by atoms with Gasteiger partial charge in [0.2, 0.25) is 0 Å². The Bertz CT molecular complexity index is 1020. The van der Waals surface area contributed by atoms with Crippen molar-refractivity contribution < 1.29 is 14.3 Å². The van der Waals surface area contributed by atoms with Gasteiger partial charge in [-0.1, -0.05) is 29.8 Å². The number of carbonyl (C=O) groups is 2. The fourth-order valence-corrected chi connectivity index (χ4v) is 2.63. The van der Waals surface area contributed by atoms with E-state index < -0.39 is 5.97 Å². The first-order valence-electron chi connectivity index (χ1n) is 7.86. The summed E-state index contributed by atoms with van der Waals surface area (Å²) < 4.78 is 6.47. The minimum absolute atomic E-state index is 0.0806. The first-order valence-corrected chi connectivity index (χ1v) is 7.86. The van der Waals surface area contributed by atoms with Gasteiger partial charge in [0, 0.05) is 24.6 Å². The Kier molecular flexibility index (Phi) is 4.48. The van der Waals surface area contributed by atoms with Crippen molar-refractivity contribution in [2.45, 2.75) is 20.4 Å². The highest BCUT2D eigenvalue weighted by atomic mass is 16.5. The number of carbonyl (C=O) groups excluding carboxylic acids is 2. The number of pyridine rings is 1. The van der Waals surface area contributed by atoms with Crippen LogP contribution in [0, 0.1) is 6.92 Å². The lowest BCUT2D eigenvalue weighted by Gasteiger charge is -2.11. The van der Waals surface area contributed by atoms with Crippen LogP contribution >= 0.6 is 0 Å². The molecule has 5 heteroatoms. The second-order valence-corrected chi connectivity index (χ2v) is 5.86. The minimum atomic E-state index is -0.445. The van der Waals surface area contributed by atoms with Crippen LogP contribution in [-0.2, 0) is 11.3 Å². The van der Waals surface area contributed by atoms with Crippen molar-refractivity contribution in [3.63, 3.8) is 0 Å². The zero-order valence-electron chi connectivity index (χ0n) is 14.0. The van der Waals surface area contributed by atoms with Crippen LogP contribution in [0.1, 0.15) is 22.8 Å². The molecule has 1 heterocycles. The predicted octanol–water partition coefficient (Wildman–Crippen LogP) is 3.12. The van der Waals surface area contributed by atoms with E-state index in [0.29, 0.717) is 16.8 Å². The molecule has 0 amide bonds. The average Bonchev–Trinajstić information content (AvgIpc) is 2.57. The SMILES string of the molecule is CC(=O)Oc1ccc2ccc(=O)n(CC(=O)c3ccc(C)cc3)c2c1. The molecule has 0 unspecified atom stereocenters. The minimum Gasteiger partial charge on any atom is -0.427 e. The Labute approximate surface area is 144 Å². The molecule has 0 saturated carbocycles. The topological polar surface area (TPSA) is 65.4 Å². The molecule has 0 radical (unpaired) electrons. The molecule has 0 bridgehead atoms. The van der Waals surface area contributed by atoms with Gasteiger partial charge in [-0.25, -0.2) is 0 Å². The number of benzene rings is 2. The Morgan fingerprint density at radius 3 is 2.36 bits per heavy atom. The van der Waals surface area contributed by atoms with E-state index in [9.17, 15) is 14.4 Å². The Balaban J connectivity index is 2.03. The van der Waals surface area contributed by atoms with Crippen molar-refractivity contribution in [1.29, 1.82) is 0 Å². The van der Waals surface area contributed by atoms with Gasteiger partial charge in [0.05, 0.1) is 12.1 Å². The molecular weight excluding hydrogens is 318 g/mol. The van der Waals surface area contributed by atoms with Gasteiger partial charge in [-0.2, -0.15) is 0 Å². The number of fused-ring (bicyclic) bond motifs is 1. The van der Waals surface area contributed by atoms with Crippen LogP contribution < -0.4 is 10.3 Å². The number of aromatic nitrogens is 1. The first-order chi connectivity index (χ1) is 11.9. The van der Waals surface area contributed by atoms with Gasteiger partial charge in [-0.05, 0) is 30.5 Å². The fourth-order valence-electron chi connectivity index (χ4n) is 2.63. The number of Topliss-reactive ketones (excluding diaryl/α,β-unsaturated/α-hetero) is 1. The molecule has 0 saturated heterocycles. The predicted molar refractivity (Wildman–Crippen MR) is 95.0 cm³/mol. The summed E-state index contributed by atoms with van der Waals surface area (Å²) in [4.78, 5) is 36.0. The standard InChI is InChI=1S/C20H17NO4/c1-13-3-5-16(6-4-13)19(23)12-21-18-11-17(25-14(2)22)9-7-15(18)8-10-20(21)24/h3-11H,12H2,1-2H3. The van der Waals surface area contributed by atoms with Crippen molar-refractivity contribution in [3.05, 3.63) is 76.1 Å². The van der Waals surface area contributed by atoms with Crippen LogP contribution in [0.2, 0.25) is 0 Å². The molecule has 0 spiro atoms. The van der Waals surface area contributed by atoms with E-state index in [1.807, 2.05) is 19.1 Å². The third kappa shape index (κ3) is 3.66. The normalized spacial score (nSPS) is 10.6. The second kappa shape index (κ2) is 6.73. The largest absolute Gasteiger partial charge is 0.427 e. The van der Waals surface area contributed by atoms with Crippen LogP contribution in [-0.4, -0.2) is 16.3 Å². The second-order valence-electron chi connectivity index (χ2n) is 5.86. The molecule has 0 aliphatic heterocycles. The molecule has 0 N–H and O–H groups in total. The van der Waals surface area contributed by atoms with Crippen molar-refractivity contribution in [1.82, 2.24) is 4.57 Å². The van der Waals surface area contributed by atoms with Gasteiger partial charge in [-0.15, -0.1) is 0 Å². The molecule has 0 aliphatic rings.